The maximum absolute atomic E-state index is 12.5. The van der Waals surface area contributed by atoms with E-state index in [0.717, 1.165) is 12.2 Å². The van der Waals surface area contributed by atoms with E-state index in [-0.39, 0.29) is 6.42 Å². The molecule has 0 aromatic carbocycles. The van der Waals surface area contributed by atoms with Crippen LogP contribution in [0.25, 0.3) is 0 Å². The molecule has 1 amide bonds. The van der Waals surface area contributed by atoms with Crippen LogP contribution in [-0.2, 0) is 4.79 Å². The normalized spacial score (nSPS) is 34.1. The van der Waals surface area contributed by atoms with Crippen LogP contribution in [-0.4, -0.2) is 29.4 Å². The van der Waals surface area contributed by atoms with Gasteiger partial charge < -0.3 is 5.32 Å². The van der Waals surface area contributed by atoms with E-state index in [1.165, 1.54) is 6.42 Å². The highest BCUT2D eigenvalue weighted by Gasteiger charge is 2.61. The fourth-order valence-electron chi connectivity index (χ4n) is 1.64. The second-order valence-electron chi connectivity index (χ2n) is 3.90. The SMILES string of the molecule is O=C(NCC1CCCS1)C1CC1(F)F. The van der Waals surface area contributed by atoms with Crippen molar-refractivity contribution in [3.8, 4) is 0 Å². The zero-order valence-electron chi connectivity index (χ0n) is 7.76. The highest BCUT2D eigenvalue weighted by atomic mass is 32.2. The van der Waals surface area contributed by atoms with Crippen molar-refractivity contribution in [3.63, 3.8) is 0 Å². The Morgan fingerprint density at radius 1 is 1.57 bits per heavy atom. The maximum Gasteiger partial charge on any atom is 0.260 e. The predicted molar refractivity (Wildman–Crippen MR) is 51.5 cm³/mol. The number of hydrogen-bond donors (Lipinski definition) is 1. The maximum atomic E-state index is 12.5. The van der Waals surface area contributed by atoms with E-state index in [4.69, 9.17) is 0 Å². The minimum atomic E-state index is -2.73. The number of hydrogen-bond acceptors (Lipinski definition) is 2. The van der Waals surface area contributed by atoms with E-state index in [0.29, 0.717) is 11.8 Å². The summed E-state index contributed by atoms with van der Waals surface area (Å²) in [5.41, 5.74) is 0. The van der Waals surface area contributed by atoms with Crippen LogP contribution in [0.3, 0.4) is 0 Å². The molecule has 2 fully saturated rings. The summed E-state index contributed by atoms with van der Waals surface area (Å²) < 4.78 is 25.0. The Labute approximate surface area is 85.8 Å². The first-order chi connectivity index (χ1) is 6.59. The summed E-state index contributed by atoms with van der Waals surface area (Å²) in [6, 6.07) is 0. The molecule has 1 saturated carbocycles. The number of carbonyl (C=O) groups is 1. The van der Waals surface area contributed by atoms with Crippen molar-refractivity contribution in [2.45, 2.75) is 30.4 Å². The van der Waals surface area contributed by atoms with Gasteiger partial charge in [-0.05, 0) is 18.6 Å². The van der Waals surface area contributed by atoms with Crippen LogP contribution in [0, 0.1) is 5.92 Å². The zero-order valence-corrected chi connectivity index (χ0v) is 8.58. The molecule has 80 valence electrons. The molecule has 1 heterocycles. The molecule has 1 N–H and O–H groups in total. The van der Waals surface area contributed by atoms with E-state index in [1.54, 1.807) is 0 Å². The number of nitrogens with one attached hydrogen (secondary N) is 1. The van der Waals surface area contributed by atoms with Crippen molar-refractivity contribution in [1.29, 1.82) is 0 Å². The molecule has 0 radical (unpaired) electrons. The topological polar surface area (TPSA) is 29.1 Å². The quantitative estimate of drug-likeness (QED) is 0.785. The van der Waals surface area contributed by atoms with E-state index in [9.17, 15) is 13.6 Å². The van der Waals surface area contributed by atoms with Gasteiger partial charge >= 0.3 is 0 Å². The Morgan fingerprint density at radius 3 is 2.79 bits per heavy atom. The number of alkyl halides is 2. The Morgan fingerprint density at radius 2 is 2.29 bits per heavy atom. The van der Waals surface area contributed by atoms with E-state index >= 15 is 0 Å². The highest BCUT2D eigenvalue weighted by Crippen LogP contribution is 2.48. The first-order valence-corrected chi connectivity index (χ1v) is 5.91. The van der Waals surface area contributed by atoms with Crippen LogP contribution in [0.2, 0.25) is 0 Å². The van der Waals surface area contributed by atoms with Gasteiger partial charge in [0.2, 0.25) is 5.91 Å². The van der Waals surface area contributed by atoms with Crippen LogP contribution in [0.15, 0.2) is 0 Å². The number of carbonyl (C=O) groups excluding carboxylic acids is 1. The van der Waals surface area contributed by atoms with Crippen LogP contribution >= 0.6 is 11.8 Å². The third-order valence-electron chi connectivity index (χ3n) is 2.67. The minimum absolute atomic E-state index is 0.267. The molecule has 2 rings (SSSR count). The second-order valence-corrected chi connectivity index (χ2v) is 5.31. The molecule has 2 atom stereocenters. The van der Waals surface area contributed by atoms with E-state index < -0.39 is 17.7 Å². The fourth-order valence-corrected chi connectivity index (χ4v) is 2.84. The van der Waals surface area contributed by atoms with Crippen LogP contribution in [0.4, 0.5) is 8.78 Å². The van der Waals surface area contributed by atoms with Crippen molar-refractivity contribution in [2.75, 3.05) is 12.3 Å². The molecule has 5 heteroatoms. The molecule has 0 spiro atoms. The molecular weight excluding hydrogens is 208 g/mol. The summed E-state index contributed by atoms with van der Waals surface area (Å²) in [6.07, 6.45) is 1.99. The lowest BCUT2D eigenvalue weighted by molar-refractivity contribution is -0.124. The minimum Gasteiger partial charge on any atom is -0.355 e. The average Bonchev–Trinajstić information content (AvgIpc) is 2.61. The van der Waals surface area contributed by atoms with Gasteiger partial charge in [0.1, 0.15) is 5.92 Å². The molecule has 0 aromatic heterocycles. The monoisotopic (exact) mass is 221 g/mol. The molecule has 1 saturated heterocycles. The van der Waals surface area contributed by atoms with Gasteiger partial charge in [-0.15, -0.1) is 0 Å². The van der Waals surface area contributed by atoms with Crippen molar-refractivity contribution in [1.82, 2.24) is 5.32 Å². The van der Waals surface area contributed by atoms with Crippen LogP contribution < -0.4 is 5.32 Å². The molecular formula is C9H13F2NOS. The molecule has 0 bridgehead atoms. The summed E-state index contributed by atoms with van der Waals surface area (Å²) in [5.74, 6) is -3.12. The van der Waals surface area contributed by atoms with Gasteiger partial charge in [-0.25, -0.2) is 8.78 Å². The molecule has 2 aliphatic rings. The summed E-state index contributed by atoms with van der Waals surface area (Å²) in [4.78, 5) is 11.2. The number of halogens is 2. The van der Waals surface area contributed by atoms with Gasteiger partial charge in [0.05, 0.1) is 0 Å². The van der Waals surface area contributed by atoms with Gasteiger partial charge in [-0.2, -0.15) is 11.8 Å². The standard InChI is InChI=1S/C9H13F2NOS/c10-9(11)4-7(9)8(13)12-5-6-2-1-3-14-6/h6-7H,1-5H2,(H,12,13). The van der Waals surface area contributed by atoms with Gasteiger partial charge in [0.25, 0.3) is 5.92 Å². The van der Waals surface area contributed by atoms with Gasteiger partial charge in [-0.1, -0.05) is 0 Å². The van der Waals surface area contributed by atoms with Crippen molar-refractivity contribution in [2.24, 2.45) is 5.92 Å². The lowest BCUT2D eigenvalue weighted by atomic mass is 10.2. The van der Waals surface area contributed by atoms with E-state index in [1.807, 2.05) is 11.8 Å². The molecule has 2 unspecified atom stereocenters. The van der Waals surface area contributed by atoms with E-state index in [2.05, 4.69) is 5.32 Å². The Bertz CT molecular complexity index is 241. The summed E-state index contributed by atoms with van der Waals surface area (Å²) in [5, 5.41) is 3.04. The Kier molecular flexibility index (Phi) is 2.68. The van der Waals surface area contributed by atoms with Gasteiger partial charge in [0, 0.05) is 18.2 Å². The van der Waals surface area contributed by atoms with Gasteiger partial charge in [-0.3, -0.25) is 4.79 Å². The van der Waals surface area contributed by atoms with Gasteiger partial charge in [0.15, 0.2) is 0 Å². The molecule has 2 nitrogen and oxygen atoms in total. The number of amides is 1. The summed E-state index contributed by atoms with van der Waals surface area (Å²) in [6.45, 7) is 0.552. The number of rotatable bonds is 3. The Balaban J connectivity index is 1.68. The lowest BCUT2D eigenvalue weighted by Crippen LogP contribution is -2.32. The zero-order chi connectivity index (χ0) is 10.2. The third-order valence-corrected chi connectivity index (χ3v) is 4.07. The summed E-state index contributed by atoms with van der Waals surface area (Å²) >= 11 is 1.81. The third kappa shape index (κ3) is 2.19. The molecule has 0 aromatic rings. The average molecular weight is 221 g/mol. The van der Waals surface area contributed by atoms with Crippen molar-refractivity contribution in [3.05, 3.63) is 0 Å². The first kappa shape index (κ1) is 10.2. The van der Waals surface area contributed by atoms with Crippen LogP contribution in [0.5, 0.6) is 0 Å². The second kappa shape index (κ2) is 3.68. The molecule has 14 heavy (non-hydrogen) atoms. The first-order valence-electron chi connectivity index (χ1n) is 4.87. The largest absolute Gasteiger partial charge is 0.355 e. The summed E-state index contributed by atoms with van der Waals surface area (Å²) in [7, 11) is 0. The molecule has 1 aliphatic carbocycles. The van der Waals surface area contributed by atoms with Crippen molar-refractivity contribution >= 4 is 17.7 Å². The smallest absolute Gasteiger partial charge is 0.260 e. The molecule has 1 aliphatic heterocycles. The highest BCUT2D eigenvalue weighted by molar-refractivity contribution is 8.00. The van der Waals surface area contributed by atoms with Crippen LogP contribution in [0.1, 0.15) is 19.3 Å². The lowest BCUT2D eigenvalue weighted by Gasteiger charge is -2.09. The predicted octanol–water partition coefficient (Wildman–Crippen LogP) is 1.65. The number of thioether (sulfide) groups is 1. The fraction of sp³-hybridized carbons (Fsp3) is 0.889. The Hall–Kier alpha value is -0.320. The van der Waals surface area contributed by atoms with Crippen molar-refractivity contribution < 1.29 is 13.6 Å².